The summed E-state index contributed by atoms with van der Waals surface area (Å²) in [5, 5.41) is 1.83. The topological polar surface area (TPSA) is 60.6 Å². The fourth-order valence-corrected chi connectivity index (χ4v) is 4.45. The summed E-state index contributed by atoms with van der Waals surface area (Å²) >= 11 is 6.18. The summed E-state index contributed by atoms with van der Waals surface area (Å²) < 4.78 is 11.9. The number of hydrogen-bond donors (Lipinski definition) is 1. The molecule has 2 N–H and O–H groups in total. The average molecular weight is 390 g/mol. The Kier molecular flexibility index (Phi) is 5.30. The maximum atomic E-state index is 6.18. The summed E-state index contributed by atoms with van der Waals surface area (Å²) in [6.45, 7) is 5.36. The lowest BCUT2D eigenvalue weighted by molar-refractivity contribution is -0.137. The molecule has 146 valence electrons. The predicted molar refractivity (Wildman–Crippen MR) is 109 cm³/mol. The molecule has 1 aliphatic heterocycles. The Balaban J connectivity index is 1.67. The summed E-state index contributed by atoms with van der Waals surface area (Å²) in [4.78, 5) is 7.00. The van der Waals surface area contributed by atoms with Crippen molar-refractivity contribution in [2.75, 3.05) is 18.1 Å². The molecule has 27 heavy (non-hydrogen) atoms. The van der Waals surface area contributed by atoms with Crippen molar-refractivity contribution in [1.29, 1.82) is 0 Å². The molecule has 2 heterocycles. The number of aromatic nitrogens is 1. The SMILES string of the molecule is CC1(C)OC[C@H](CN(c2ccnc3cc(Cl)ccc23)C2CCC(N)CC2)O1. The van der Waals surface area contributed by atoms with Gasteiger partial charge in [-0.15, -0.1) is 0 Å². The molecule has 0 bridgehead atoms. The van der Waals surface area contributed by atoms with Crippen molar-refractivity contribution < 1.29 is 9.47 Å². The second-order valence-corrected chi connectivity index (χ2v) is 8.60. The van der Waals surface area contributed by atoms with Crippen LogP contribution in [-0.2, 0) is 9.47 Å². The second kappa shape index (κ2) is 7.55. The van der Waals surface area contributed by atoms with E-state index in [-0.39, 0.29) is 6.10 Å². The van der Waals surface area contributed by atoms with Crippen LogP contribution in [0.1, 0.15) is 39.5 Å². The monoisotopic (exact) mass is 389 g/mol. The van der Waals surface area contributed by atoms with Crippen molar-refractivity contribution in [3.8, 4) is 0 Å². The molecule has 1 aliphatic carbocycles. The van der Waals surface area contributed by atoms with Gasteiger partial charge in [-0.3, -0.25) is 4.98 Å². The lowest BCUT2D eigenvalue weighted by atomic mass is 9.90. The van der Waals surface area contributed by atoms with Crippen molar-refractivity contribution in [3.63, 3.8) is 0 Å². The number of fused-ring (bicyclic) bond motifs is 1. The third-order valence-electron chi connectivity index (χ3n) is 5.64. The van der Waals surface area contributed by atoms with Crippen molar-refractivity contribution in [2.24, 2.45) is 5.73 Å². The van der Waals surface area contributed by atoms with Crippen molar-refractivity contribution in [1.82, 2.24) is 4.98 Å². The Hall–Kier alpha value is -1.40. The Morgan fingerprint density at radius 1 is 1.22 bits per heavy atom. The highest BCUT2D eigenvalue weighted by Crippen LogP contribution is 2.34. The normalized spacial score (nSPS) is 27.8. The van der Waals surface area contributed by atoms with E-state index in [0.29, 0.717) is 23.7 Å². The van der Waals surface area contributed by atoms with Crippen LogP contribution in [0, 0.1) is 0 Å². The van der Waals surface area contributed by atoms with Crippen LogP contribution in [0.25, 0.3) is 10.9 Å². The van der Waals surface area contributed by atoms with Crippen LogP contribution in [0.15, 0.2) is 30.5 Å². The zero-order valence-corrected chi connectivity index (χ0v) is 16.8. The first kappa shape index (κ1) is 18.9. The van der Waals surface area contributed by atoms with Crippen LogP contribution in [0.2, 0.25) is 5.02 Å². The molecular weight excluding hydrogens is 362 g/mol. The Labute approximate surface area is 165 Å². The highest BCUT2D eigenvalue weighted by atomic mass is 35.5. The highest BCUT2D eigenvalue weighted by Gasteiger charge is 2.36. The molecule has 4 rings (SSSR count). The molecule has 0 amide bonds. The van der Waals surface area contributed by atoms with Gasteiger partial charge in [0.15, 0.2) is 5.79 Å². The standard InChI is InChI=1S/C21H28ClN3O2/c1-21(2)26-13-17(27-21)12-25(16-6-4-15(23)5-7-16)20-9-10-24-19-11-14(22)3-8-18(19)20/h3,8-11,15-17H,4-7,12-13,23H2,1-2H3/t15?,16?,17-/m0/s1. The lowest BCUT2D eigenvalue weighted by Gasteiger charge is -2.39. The maximum Gasteiger partial charge on any atom is 0.163 e. The molecule has 1 aromatic carbocycles. The number of nitrogens with zero attached hydrogens (tertiary/aromatic N) is 2. The second-order valence-electron chi connectivity index (χ2n) is 8.16. The van der Waals surface area contributed by atoms with E-state index in [1.807, 2.05) is 32.2 Å². The number of halogens is 1. The number of anilines is 1. The minimum atomic E-state index is -0.515. The van der Waals surface area contributed by atoms with Crippen LogP contribution in [0.3, 0.4) is 0 Å². The molecule has 0 unspecified atom stereocenters. The molecule has 2 fully saturated rings. The number of rotatable bonds is 4. The first-order valence-corrected chi connectivity index (χ1v) is 10.2. The Morgan fingerprint density at radius 3 is 2.70 bits per heavy atom. The van der Waals surface area contributed by atoms with E-state index in [2.05, 4.69) is 22.0 Å². The zero-order valence-electron chi connectivity index (χ0n) is 16.0. The smallest absolute Gasteiger partial charge is 0.163 e. The summed E-state index contributed by atoms with van der Waals surface area (Å²) in [6, 6.07) is 8.79. The quantitative estimate of drug-likeness (QED) is 0.852. The molecule has 2 aromatic rings. The number of nitrogens with two attached hydrogens (primary N) is 1. The number of ether oxygens (including phenoxy) is 2. The fourth-order valence-electron chi connectivity index (χ4n) is 4.29. The van der Waals surface area contributed by atoms with E-state index < -0.39 is 5.79 Å². The van der Waals surface area contributed by atoms with Gasteiger partial charge in [0.1, 0.15) is 6.10 Å². The summed E-state index contributed by atoms with van der Waals surface area (Å²) in [7, 11) is 0. The first-order valence-electron chi connectivity index (χ1n) is 9.79. The predicted octanol–water partition coefficient (Wildman–Crippen LogP) is 4.12. The summed E-state index contributed by atoms with van der Waals surface area (Å²) in [6.07, 6.45) is 6.22. The van der Waals surface area contributed by atoms with Crippen molar-refractivity contribution in [3.05, 3.63) is 35.5 Å². The minimum absolute atomic E-state index is 0.0473. The average Bonchev–Trinajstić information content (AvgIpc) is 2.98. The van der Waals surface area contributed by atoms with Gasteiger partial charge in [-0.25, -0.2) is 0 Å². The third-order valence-corrected chi connectivity index (χ3v) is 5.88. The molecule has 5 nitrogen and oxygen atoms in total. The minimum Gasteiger partial charge on any atom is -0.365 e. The van der Waals surface area contributed by atoms with Crippen molar-refractivity contribution in [2.45, 2.75) is 63.5 Å². The van der Waals surface area contributed by atoms with Gasteiger partial charge in [0.25, 0.3) is 0 Å². The van der Waals surface area contributed by atoms with Crippen LogP contribution in [0.4, 0.5) is 5.69 Å². The first-order chi connectivity index (χ1) is 12.9. The van der Waals surface area contributed by atoms with E-state index in [1.165, 1.54) is 5.69 Å². The van der Waals surface area contributed by atoms with Gasteiger partial charge in [0.2, 0.25) is 0 Å². The van der Waals surface area contributed by atoms with Crippen LogP contribution in [-0.4, -0.2) is 42.1 Å². The van der Waals surface area contributed by atoms with E-state index in [0.717, 1.165) is 43.1 Å². The number of benzene rings is 1. The Morgan fingerprint density at radius 2 is 2.00 bits per heavy atom. The maximum absolute atomic E-state index is 6.18. The molecular formula is C21H28ClN3O2. The van der Waals surface area contributed by atoms with Gasteiger partial charge < -0.3 is 20.1 Å². The van der Waals surface area contributed by atoms with Gasteiger partial charge >= 0.3 is 0 Å². The van der Waals surface area contributed by atoms with Crippen molar-refractivity contribution >= 4 is 28.2 Å². The lowest BCUT2D eigenvalue weighted by Crippen LogP contribution is -2.45. The molecule has 1 saturated carbocycles. The zero-order chi connectivity index (χ0) is 19.0. The molecule has 0 radical (unpaired) electrons. The molecule has 1 saturated heterocycles. The fraction of sp³-hybridized carbons (Fsp3) is 0.571. The number of pyridine rings is 1. The van der Waals surface area contributed by atoms with Gasteiger partial charge in [-0.05, 0) is 63.8 Å². The number of hydrogen-bond acceptors (Lipinski definition) is 5. The molecule has 6 heteroatoms. The van der Waals surface area contributed by atoms with Gasteiger partial charge in [-0.2, -0.15) is 0 Å². The van der Waals surface area contributed by atoms with Gasteiger partial charge in [-0.1, -0.05) is 11.6 Å². The van der Waals surface area contributed by atoms with E-state index in [9.17, 15) is 0 Å². The van der Waals surface area contributed by atoms with E-state index in [1.54, 1.807) is 0 Å². The molecule has 2 aliphatic rings. The van der Waals surface area contributed by atoms with Gasteiger partial charge in [0, 0.05) is 40.9 Å². The molecule has 1 aromatic heterocycles. The largest absolute Gasteiger partial charge is 0.365 e. The summed E-state index contributed by atoms with van der Waals surface area (Å²) in [5.41, 5.74) is 8.26. The van der Waals surface area contributed by atoms with Gasteiger partial charge in [0.05, 0.1) is 12.1 Å². The summed E-state index contributed by atoms with van der Waals surface area (Å²) in [5.74, 6) is -0.515. The van der Waals surface area contributed by atoms with Crippen LogP contribution in [0.5, 0.6) is 0 Å². The van der Waals surface area contributed by atoms with E-state index >= 15 is 0 Å². The van der Waals surface area contributed by atoms with E-state index in [4.69, 9.17) is 26.8 Å². The third kappa shape index (κ3) is 4.21. The molecule has 1 atom stereocenters. The van der Waals surface area contributed by atoms with Crippen LogP contribution >= 0.6 is 11.6 Å². The van der Waals surface area contributed by atoms with Crippen LogP contribution < -0.4 is 10.6 Å². The highest BCUT2D eigenvalue weighted by molar-refractivity contribution is 6.31. The Bertz CT molecular complexity index is 805. The molecule has 0 spiro atoms.